The Morgan fingerprint density at radius 1 is 1.39 bits per heavy atom. The number of hydrogen-bond acceptors (Lipinski definition) is 3. The van der Waals surface area contributed by atoms with Crippen molar-refractivity contribution in [2.24, 2.45) is 0 Å². The topological polar surface area (TPSA) is 75.4 Å². The van der Waals surface area contributed by atoms with Gasteiger partial charge in [0.2, 0.25) is 0 Å². The zero-order chi connectivity index (χ0) is 13.8. The smallest absolute Gasteiger partial charge is 0.389 e. The van der Waals surface area contributed by atoms with Gasteiger partial charge in [-0.1, -0.05) is 0 Å². The summed E-state index contributed by atoms with van der Waals surface area (Å²) in [5.41, 5.74) is 5.63. The number of halogens is 3. The molecule has 0 spiro atoms. The molecule has 0 aliphatic heterocycles. The molecule has 4 N–H and O–H groups in total. The number of aromatic hydroxyl groups is 1. The molecule has 1 aromatic carbocycles. The number of carbonyl (C=O) groups excluding carboxylic acids is 1. The van der Waals surface area contributed by atoms with Crippen LogP contribution in [0.5, 0.6) is 5.75 Å². The van der Waals surface area contributed by atoms with E-state index < -0.39 is 18.5 Å². The number of amides is 1. The second-order valence-corrected chi connectivity index (χ2v) is 3.75. The number of carbonyl (C=O) groups is 1. The summed E-state index contributed by atoms with van der Waals surface area (Å²) in [6.45, 7) is -0.0799. The predicted molar refractivity (Wildman–Crippen MR) is 60.1 cm³/mol. The summed E-state index contributed by atoms with van der Waals surface area (Å²) in [7, 11) is 0. The number of benzene rings is 1. The zero-order valence-electron chi connectivity index (χ0n) is 9.42. The van der Waals surface area contributed by atoms with Crippen LogP contribution >= 0.6 is 0 Å². The van der Waals surface area contributed by atoms with Crippen molar-refractivity contribution < 1.29 is 23.1 Å². The van der Waals surface area contributed by atoms with Gasteiger partial charge in [-0.3, -0.25) is 4.79 Å². The largest absolute Gasteiger partial charge is 0.506 e. The van der Waals surface area contributed by atoms with Gasteiger partial charge in [-0.15, -0.1) is 0 Å². The molecule has 0 atom stereocenters. The predicted octanol–water partition coefficient (Wildman–Crippen LogP) is 2.05. The highest BCUT2D eigenvalue weighted by atomic mass is 19.4. The number of rotatable bonds is 4. The van der Waals surface area contributed by atoms with Crippen LogP contribution in [0.2, 0.25) is 0 Å². The molecule has 0 aliphatic rings. The van der Waals surface area contributed by atoms with Crippen LogP contribution in [-0.4, -0.2) is 23.7 Å². The molecular formula is C11H13F3N2O2. The number of hydrogen-bond donors (Lipinski definition) is 3. The van der Waals surface area contributed by atoms with Crippen molar-refractivity contribution in [3.63, 3.8) is 0 Å². The number of nitrogen functional groups attached to an aromatic ring is 1. The zero-order valence-corrected chi connectivity index (χ0v) is 9.42. The molecule has 0 fully saturated rings. The summed E-state index contributed by atoms with van der Waals surface area (Å²) in [4.78, 5) is 11.5. The third kappa shape index (κ3) is 4.52. The highest BCUT2D eigenvalue weighted by Crippen LogP contribution is 2.21. The standard InChI is InChI=1S/C11H13F3N2O2/c12-11(13,14)4-1-5-16-10(18)7-2-3-8(15)9(17)6-7/h2-3,6,17H,1,4-5,15H2,(H,16,18). The first kappa shape index (κ1) is 14.1. The summed E-state index contributed by atoms with van der Waals surface area (Å²) in [5, 5.41) is 11.6. The number of alkyl halides is 3. The minimum atomic E-state index is -4.22. The van der Waals surface area contributed by atoms with Crippen LogP contribution in [0.25, 0.3) is 0 Å². The first-order chi connectivity index (χ1) is 8.29. The Bertz CT molecular complexity index is 433. The lowest BCUT2D eigenvalue weighted by Gasteiger charge is -2.08. The van der Waals surface area contributed by atoms with Crippen molar-refractivity contribution in [3.05, 3.63) is 23.8 Å². The molecule has 0 unspecified atom stereocenters. The molecule has 0 heterocycles. The van der Waals surface area contributed by atoms with Crippen LogP contribution in [0.1, 0.15) is 23.2 Å². The average Bonchev–Trinajstić information content (AvgIpc) is 2.26. The van der Waals surface area contributed by atoms with E-state index in [1.807, 2.05) is 0 Å². The monoisotopic (exact) mass is 262 g/mol. The molecule has 0 saturated carbocycles. The van der Waals surface area contributed by atoms with Gasteiger partial charge in [0.25, 0.3) is 5.91 Å². The van der Waals surface area contributed by atoms with E-state index in [9.17, 15) is 23.1 Å². The Labute approximate surface area is 102 Å². The van der Waals surface area contributed by atoms with E-state index in [1.54, 1.807) is 0 Å². The normalized spacial score (nSPS) is 11.3. The molecule has 18 heavy (non-hydrogen) atoms. The third-order valence-electron chi connectivity index (χ3n) is 2.22. The number of anilines is 1. The number of nitrogens with two attached hydrogens (primary N) is 1. The first-order valence-corrected chi connectivity index (χ1v) is 5.23. The maximum atomic E-state index is 11.8. The fraction of sp³-hybridized carbons (Fsp3) is 0.364. The number of phenolic OH excluding ortho intramolecular Hbond substituents is 1. The Kier molecular flexibility index (Phi) is 4.41. The van der Waals surface area contributed by atoms with Crippen molar-refractivity contribution >= 4 is 11.6 Å². The third-order valence-corrected chi connectivity index (χ3v) is 2.22. The number of phenols is 1. The Balaban J connectivity index is 2.43. The van der Waals surface area contributed by atoms with E-state index in [0.29, 0.717) is 0 Å². The van der Waals surface area contributed by atoms with Crippen LogP contribution < -0.4 is 11.1 Å². The van der Waals surface area contributed by atoms with E-state index in [0.717, 1.165) is 6.07 Å². The van der Waals surface area contributed by atoms with Crippen LogP contribution in [0.4, 0.5) is 18.9 Å². The van der Waals surface area contributed by atoms with Crippen LogP contribution in [0.3, 0.4) is 0 Å². The van der Waals surface area contributed by atoms with Gasteiger partial charge in [0.15, 0.2) is 0 Å². The summed E-state index contributed by atoms with van der Waals surface area (Å²) in [6.07, 6.45) is -5.35. The summed E-state index contributed by atoms with van der Waals surface area (Å²) in [5.74, 6) is -0.787. The molecule has 1 aromatic rings. The van der Waals surface area contributed by atoms with Crippen molar-refractivity contribution in [2.75, 3.05) is 12.3 Å². The van der Waals surface area contributed by atoms with Gasteiger partial charge in [0.1, 0.15) is 5.75 Å². The van der Waals surface area contributed by atoms with Gasteiger partial charge in [0, 0.05) is 18.5 Å². The molecular weight excluding hydrogens is 249 g/mol. The maximum Gasteiger partial charge on any atom is 0.389 e. The summed E-state index contributed by atoms with van der Waals surface area (Å²) < 4.78 is 35.5. The molecule has 0 radical (unpaired) electrons. The minimum absolute atomic E-state index is 0.0799. The fourth-order valence-electron chi connectivity index (χ4n) is 1.28. The fourth-order valence-corrected chi connectivity index (χ4v) is 1.28. The van der Waals surface area contributed by atoms with E-state index in [2.05, 4.69) is 5.32 Å². The Morgan fingerprint density at radius 3 is 2.61 bits per heavy atom. The summed E-state index contributed by atoms with van der Waals surface area (Å²) in [6, 6.07) is 3.89. The minimum Gasteiger partial charge on any atom is -0.506 e. The van der Waals surface area contributed by atoms with Gasteiger partial charge in [0.05, 0.1) is 5.69 Å². The van der Waals surface area contributed by atoms with Crippen molar-refractivity contribution in [1.29, 1.82) is 0 Å². The molecule has 7 heteroatoms. The van der Waals surface area contributed by atoms with Crippen molar-refractivity contribution in [2.45, 2.75) is 19.0 Å². The number of nitrogens with one attached hydrogen (secondary N) is 1. The second-order valence-electron chi connectivity index (χ2n) is 3.75. The molecule has 4 nitrogen and oxygen atoms in total. The van der Waals surface area contributed by atoms with Crippen LogP contribution in [0.15, 0.2) is 18.2 Å². The first-order valence-electron chi connectivity index (χ1n) is 5.23. The Morgan fingerprint density at radius 2 is 2.06 bits per heavy atom. The van der Waals surface area contributed by atoms with Gasteiger partial charge in [-0.05, 0) is 24.6 Å². The van der Waals surface area contributed by atoms with Gasteiger partial charge in [-0.2, -0.15) is 13.2 Å². The van der Waals surface area contributed by atoms with Crippen molar-refractivity contribution in [3.8, 4) is 5.75 Å². The van der Waals surface area contributed by atoms with Gasteiger partial charge >= 0.3 is 6.18 Å². The highest BCUT2D eigenvalue weighted by Gasteiger charge is 2.26. The highest BCUT2D eigenvalue weighted by molar-refractivity contribution is 5.95. The molecule has 0 bridgehead atoms. The lowest BCUT2D eigenvalue weighted by molar-refractivity contribution is -0.135. The van der Waals surface area contributed by atoms with Gasteiger partial charge in [-0.25, -0.2) is 0 Å². The van der Waals surface area contributed by atoms with E-state index >= 15 is 0 Å². The SMILES string of the molecule is Nc1ccc(C(=O)NCCCC(F)(F)F)cc1O. The molecule has 0 aliphatic carbocycles. The summed E-state index contributed by atoms with van der Waals surface area (Å²) >= 11 is 0. The molecule has 0 saturated heterocycles. The molecule has 0 aromatic heterocycles. The molecule has 1 rings (SSSR count). The van der Waals surface area contributed by atoms with E-state index in [4.69, 9.17) is 5.73 Å². The van der Waals surface area contributed by atoms with Crippen LogP contribution in [0, 0.1) is 0 Å². The quantitative estimate of drug-likeness (QED) is 0.441. The van der Waals surface area contributed by atoms with Gasteiger partial charge < -0.3 is 16.2 Å². The molecule has 1 amide bonds. The Hall–Kier alpha value is -1.92. The lowest BCUT2D eigenvalue weighted by Crippen LogP contribution is -2.25. The molecule has 100 valence electrons. The second kappa shape index (κ2) is 5.61. The van der Waals surface area contributed by atoms with Crippen molar-refractivity contribution in [1.82, 2.24) is 5.32 Å². The maximum absolute atomic E-state index is 11.8. The van der Waals surface area contributed by atoms with Crippen LogP contribution in [-0.2, 0) is 0 Å². The van der Waals surface area contributed by atoms with E-state index in [1.165, 1.54) is 12.1 Å². The lowest BCUT2D eigenvalue weighted by atomic mass is 10.1. The average molecular weight is 262 g/mol. The van der Waals surface area contributed by atoms with E-state index in [-0.39, 0.29) is 30.0 Å².